The van der Waals surface area contributed by atoms with E-state index < -0.39 is 0 Å². The molecular formula is C11H15N3O. The molecule has 1 atom stereocenters. The SMILES string of the molecule is NNC(Cc1ccccn1)C1=CCCO1. The van der Waals surface area contributed by atoms with Crippen LogP contribution in [0.3, 0.4) is 0 Å². The first kappa shape index (κ1) is 10.1. The minimum atomic E-state index is 0.0300. The molecule has 0 spiro atoms. The minimum Gasteiger partial charge on any atom is -0.496 e. The molecule has 0 aromatic carbocycles. The summed E-state index contributed by atoms with van der Waals surface area (Å²) in [5, 5.41) is 0. The Morgan fingerprint density at radius 2 is 2.47 bits per heavy atom. The zero-order chi connectivity index (χ0) is 10.5. The fraction of sp³-hybridized carbons (Fsp3) is 0.364. The van der Waals surface area contributed by atoms with Crippen LogP contribution in [0.2, 0.25) is 0 Å². The maximum atomic E-state index is 5.50. The van der Waals surface area contributed by atoms with E-state index in [0.717, 1.165) is 30.9 Å². The standard InChI is InChI=1S/C11H15N3O/c12-14-10(11-5-3-7-15-11)8-9-4-1-2-6-13-9/h1-2,4-6,10,14H,3,7-8,12H2. The van der Waals surface area contributed by atoms with Crippen LogP contribution in [0.5, 0.6) is 0 Å². The minimum absolute atomic E-state index is 0.0300. The number of hydrogen-bond donors (Lipinski definition) is 2. The van der Waals surface area contributed by atoms with Crippen molar-refractivity contribution in [2.24, 2.45) is 5.84 Å². The summed E-state index contributed by atoms with van der Waals surface area (Å²) in [5.74, 6) is 6.44. The molecule has 0 saturated carbocycles. The van der Waals surface area contributed by atoms with E-state index in [1.54, 1.807) is 6.20 Å². The van der Waals surface area contributed by atoms with Crippen molar-refractivity contribution in [3.05, 3.63) is 41.9 Å². The van der Waals surface area contributed by atoms with Crippen LogP contribution in [0.25, 0.3) is 0 Å². The first-order chi connectivity index (χ1) is 7.40. The summed E-state index contributed by atoms with van der Waals surface area (Å²) in [5.41, 5.74) is 3.77. The lowest BCUT2D eigenvalue weighted by atomic mass is 10.1. The van der Waals surface area contributed by atoms with Crippen LogP contribution in [-0.4, -0.2) is 17.6 Å². The van der Waals surface area contributed by atoms with Crippen LogP contribution in [0.1, 0.15) is 12.1 Å². The smallest absolute Gasteiger partial charge is 0.111 e. The third-order valence-electron chi connectivity index (χ3n) is 2.42. The molecule has 3 N–H and O–H groups in total. The first-order valence-electron chi connectivity index (χ1n) is 5.09. The van der Waals surface area contributed by atoms with Gasteiger partial charge in [0, 0.05) is 24.7 Å². The monoisotopic (exact) mass is 205 g/mol. The van der Waals surface area contributed by atoms with E-state index in [2.05, 4.69) is 16.5 Å². The van der Waals surface area contributed by atoms with Crippen molar-refractivity contribution in [1.29, 1.82) is 0 Å². The predicted molar refractivity (Wildman–Crippen MR) is 57.7 cm³/mol. The summed E-state index contributed by atoms with van der Waals surface area (Å²) in [6.07, 6.45) is 5.58. The average Bonchev–Trinajstić information content (AvgIpc) is 2.81. The summed E-state index contributed by atoms with van der Waals surface area (Å²) in [7, 11) is 0. The van der Waals surface area contributed by atoms with Crippen molar-refractivity contribution in [2.45, 2.75) is 18.9 Å². The number of ether oxygens (including phenoxy) is 1. The molecule has 4 nitrogen and oxygen atoms in total. The lowest BCUT2D eigenvalue weighted by Gasteiger charge is -2.16. The molecule has 1 aliphatic heterocycles. The number of nitrogens with one attached hydrogen (secondary N) is 1. The van der Waals surface area contributed by atoms with Gasteiger partial charge in [0.2, 0.25) is 0 Å². The Hall–Kier alpha value is -1.39. The van der Waals surface area contributed by atoms with Gasteiger partial charge in [0.1, 0.15) is 5.76 Å². The van der Waals surface area contributed by atoms with Crippen molar-refractivity contribution in [2.75, 3.05) is 6.61 Å². The van der Waals surface area contributed by atoms with Crippen LogP contribution in [0.15, 0.2) is 36.2 Å². The molecule has 1 aromatic rings. The second-order valence-electron chi connectivity index (χ2n) is 3.49. The van der Waals surface area contributed by atoms with Crippen LogP contribution in [0.4, 0.5) is 0 Å². The van der Waals surface area contributed by atoms with Crippen molar-refractivity contribution in [3.63, 3.8) is 0 Å². The van der Waals surface area contributed by atoms with Gasteiger partial charge in [-0.15, -0.1) is 0 Å². The normalized spacial score (nSPS) is 17.0. The topological polar surface area (TPSA) is 60.2 Å². The molecule has 0 bridgehead atoms. The summed E-state index contributed by atoms with van der Waals surface area (Å²) < 4.78 is 5.47. The number of nitrogens with zero attached hydrogens (tertiary/aromatic N) is 1. The zero-order valence-electron chi connectivity index (χ0n) is 8.52. The molecule has 80 valence electrons. The van der Waals surface area contributed by atoms with Gasteiger partial charge in [-0.25, -0.2) is 5.43 Å². The lowest BCUT2D eigenvalue weighted by Crippen LogP contribution is -2.38. The van der Waals surface area contributed by atoms with Gasteiger partial charge in [0.15, 0.2) is 0 Å². The summed E-state index contributed by atoms with van der Waals surface area (Å²) in [6.45, 7) is 0.760. The van der Waals surface area contributed by atoms with Gasteiger partial charge in [-0.2, -0.15) is 0 Å². The average molecular weight is 205 g/mol. The molecule has 2 heterocycles. The second-order valence-corrected chi connectivity index (χ2v) is 3.49. The van der Waals surface area contributed by atoms with Crippen molar-refractivity contribution in [1.82, 2.24) is 10.4 Å². The van der Waals surface area contributed by atoms with Crippen LogP contribution >= 0.6 is 0 Å². The van der Waals surface area contributed by atoms with E-state index in [1.165, 1.54) is 0 Å². The molecule has 15 heavy (non-hydrogen) atoms. The van der Waals surface area contributed by atoms with Crippen molar-refractivity contribution in [3.8, 4) is 0 Å². The fourth-order valence-electron chi connectivity index (χ4n) is 1.65. The van der Waals surface area contributed by atoms with Gasteiger partial charge in [-0.3, -0.25) is 10.8 Å². The van der Waals surface area contributed by atoms with E-state index in [0.29, 0.717) is 0 Å². The highest BCUT2D eigenvalue weighted by molar-refractivity contribution is 5.13. The van der Waals surface area contributed by atoms with Gasteiger partial charge < -0.3 is 4.74 Å². The highest BCUT2D eigenvalue weighted by Crippen LogP contribution is 2.15. The third kappa shape index (κ3) is 2.55. The van der Waals surface area contributed by atoms with Crippen molar-refractivity contribution < 1.29 is 4.74 Å². The Morgan fingerprint density at radius 1 is 1.53 bits per heavy atom. The molecule has 2 rings (SSSR count). The van der Waals surface area contributed by atoms with Gasteiger partial charge in [0.05, 0.1) is 12.6 Å². The molecular weight excluding hydrogens is 190 g/mol. The summed E-state index contributed by atoms with van der Waals surface area (Å²) in [6, 6.07) is 5.89. The van der Waals surface area contributed by atoms with Crippen LogP contribution in [0, 0.1) is 0 Å². The second kappa shape index (κ2) is 4.91. The number of hydrogen-bond acceptors (Lipinski definition) is 4. The Labute approximate surface area is 89.1 Å². The maximum Gasteiger partial charge on any atom is 0.111 e. The highest BCUT2D eigenvalue weighted by atomic mass is 16.5. The predicted octanol–water partition coefficient (Wildman–Crippen LogP) is 0.760. The largest absolute Gasteiger partial charge is 0.496 e. The lowest BCUT2D eigenvalue weighted by molar-refractivity contribution is 0.214. The number of nitrogens with two attached hydrogens (primary N) is 1. The Kier molecular flexibility index (Phi) is 3.32. The third-order valence-corrected chi connectivity index (χ3v) is 2.42. The van der Waals surface area contributed by atoms with E-state index in [9.17, 15) is 0 Å². The van der Waals surface area contributed by atoms with Crippen molar-refractivity contribution >= 4 is 0 Å². The molecule has 0 saturated heterocycles. The van der Waals surface area contributed by atoms with Gasteiger partial charge in [-0.05, 0) is 18.2 Å². The number of pyridine rings is 1. The quantitative estimate of drug-likeness (QED) is 0.563. The van der Waals surface area contributed by atoms with E-state index in [1.807, 2.05) is 18.2 Å². The Balaban J connectivity index is 2.02. The first-order valence-corrected chi connectivity index (χ1v) is 5.09. The molecule has 0 fully saturated rings. The molecule has 1 aliphatic rings. The maximum absolute atomic E-state index is 5.50. The van der Waals surface area contributed by atoms with Gasteiger partial charge in [-0.1, -0.05) is 6.07 Å². The molecule has 0 amide bonds. The van der Waals surface area contributed by atoms with Gasteiger partial charge in [0.25, 0.3) is 0 Å². The van der Waals surface area contributed by atoms with Gasteiger partial charge >= 0.3 is 0 Å². The number of aromatic nitrogens is 1. The molecule has 0 aliphatic carbocycles. The summed E-state index contributed by atoms with van der Waals surface area (Å²) >= 11 is 0. The molecule has 1 unspecified atom stereocenters. The molecule has 4 heteroatoms. The zero-order valence-corrected chi connectivity index (χ0v) is 8.52. The van der Waals surface area contributed by atoms with Crippen LogP contribution < -0.4 is 11.3 Å². The molecule has 1 aromatic heterocycles. The summed E-state index contributed by atoms with van der Waals surface area (Å²) in [4.78, 5) is 4.26. The van der Waals surface area contributed by atoms with E-state index in [-0.39, 0.29) is 6.04 Å². The molecule has 0 radical (unpaired) electrons. The number of rotatable bonds is 4. The van der Waals surface area contributed by atoms with E-state index in [4.69, 9.17) is 10.6 Å². The van der Waals surface area contributed by atoms with Crippen LogP contribution in [-0.2, 0) is 11.2 Å². The fourth-order valence-corrected chi connectivity index (χ4v) is 1.65. The highest BCUT2D eigenvalue weighted by Gasteiger charge is 2.18. The number of hydrazine groups is 1. The Morgan fingerprint density at radius 3 is 3.07 bits per heavy atom. The van der Waals surface area contributed by atoms with E-state index >= 15 is 0 Å². The Bertz CT molecular complexity index is 337.